The fraction of sp³-hybridized carbons (Fsp3) is 0.421. The summed E-state index contributed by atoms with van der Waals surface area (Å²) in [7, 11) is 0. The van der Waals surface area contributed by atoms with E-state index in [1.807, 2.05) is 6.07 Å². The molecular formula is C19H21NOS. The summed E-state index contributed by atoms with van der Waals surface area (Å²) in [6.07, 6.45) is 7.07. The molecule has 3 heteroatoms. The molecule has 1 aromatic heterocycles. The van der Waals surface area contributed by atoms with Gasteiger partial charge in [0, 0.05) is 10.6 Å². The number of rotatable bonds is 2. The van der Waals surface area contributed by atoms with E-state index in [1.165, 1.54) is 40.8 Å². The minimum Gasteiger partial charge on any atom is -0.321 e. The lowest BCUT2D eigenvalue weighted by molar-refractivity contribution is 0.103. The number of hydrogen-bond donors (Lipinski definition) is 1. The summed E-state index contributed by atoms with van der Waals surface area (Å²) < 4.78 is 0. The second-order valence-electron chi connectivity index (χ2n) is 6.70. The van der Waals surface area contributed by atoms with E-state index in [0.717, 1.165) is 35.7 Å². The quantitative estimate of drug-likeness (QED) is 0.862. The minimum atomic E-state index is 0.0463. The number of fused-ring (bicyclic) bond motifs is 2. The van der Waals surface area contributed by atoms with Gasteiger partial charge in [0.25, 0.3) is 5.91 Å². The fourth-order valence-corrected chi connectivity index (χ4v) is 4.76. The largest absolute Gasteiger partial charge is 0.321 e. The maximum atomic E-state index is 12.5. The molecular weight excluding hydrogens is 290 g/mol. The van der Waals surface area contributed by atoms with Gasteiger partial charge < -0.3 is 5.32 Å². The van der Waals surface area contributed by atoms with Gasteiger partial charge in [-0.05, 0) is 79.3 Å². The predicted octanol–water partition coefficient (Wildman–Crippen LogP) is 4.61. The number of amides is 1. The van der Waals surface area contributed by atoms with Gasteiger partial charge in [0.05, 0.1) is 4.88 Å². The molecule has 0 spiro atoms. The van der Waals surface area contributed by atoms with E-state index in [9.17, 15) is 4.79 Å². The highest BCUT2D eigenvalue weighted by Gasteiger charge is 2.21. The van der Waals surface area contributed by atoms with Crippen LogP contribution in [0.5, 0.6) is 0 Å². The number of thiophene rings is 1. The van der Waals surface area contributed by atoms with Crippen LogP contribution in [0.15, 0.2) is 24.3 Å². The van der Waals surface area contributed by atoms with Crippen molar-refractivity contribution in [2.24, 2.45) is 5.92 Å². The number of benzene rings is 1. The van der Waals surface area contributed by atoms with Gasteiger partial charge >= 0.3 is 0 Å². The van der Waals surface area contributed by atoms with Gasteiger partial charge in [-0.1, -0.05) is 13.0 Å². The van der Waals surface area contributed by atoms with E-state index >= 15 is 0 Å². The third-order valence-electron chi connectivity index (χ3n) is 4.91. The third kappa shape index (κ3) is 2.58. The highest BCUT2D eigenvalue weighted by Crippen LogP contribution is 2.33. The Morgan fingerprint density at radius 3 is 2.91 bits per heavy atom. The monoisotopic (exact) mass is 311 g/mol. The predicted molar refractivity (Wildman–Crippen MR) is 91.9 cm³/mol. The molecule has 2 aliphatic carbocycles. The number of aryl methyl sites for hydroxylation is 3. The van der Waals surface area contributed by atoms with Crippen molar-refractivity contribution in [1.82, 2.24) is 0 Å². The normalized spacial score (nSPS) is 19.6. The summed E-state index contributed by atoms with van der Waals surface area (Å²) in [6.45, 7) is 2.30. The maximum absolute atomic E-state index is 12.5. The molecule has 0 radical (unpaired) electrons. The Morgan fingerprint density at radius 1 is 1.14 bits per heavy atom. The molecule has 0 saturated heterocycles. The summed E-state index contributed by atoms with van der Waals surface area (Å²) >= 11 is 1.68. The van der Waals surface area contributed by atoms with Crippen LogP contribution in [0.1, 0.15) is 51.0 Å². The number of carbonyl (C=O) groups is 1. The van der Waals surface area contributed by atoms with Crippen LogP contribution in [0.4, 0.5) is 5.69 Å². The molecule has 1 atom stereocenters. The molecule has 114 valence electrons. The van der Waals surface area contributed by atoms with E-state index in [2.05, 4.69) is 30.4 Å². The molecule has 1 amide bonds. The zero-order valence-electron chi connectivity index (χ0n) is 12.9. The Bertz CT molecular complexity index is 731. The fourth-order valence-electron chi connectivity index (χ4n) is 3.66. The van der Waals surface area contributed by atoms with Gasteiger partial charge in [0.1, 0.15) is 0 Å². The molecule has 1 aromatic carbocycles. The van der Waals surface area contributed by atoms with Crippen LogP contribution in [0.2, 0.25) is 0 Å². The lowest BCUT2D eigenvalue weighted by Crippen LogP contribution is -2.10. The number of carbonyl (C=O) groups excluding carboxylic acids is 1. The summed E-state index contributed by atoms with van der Waals surface area (Å²) in [5, 5.41) is 3.08. The van der Waals surface area contributed by atoms with Crippen LogP contribution in [-0.4, -0.2) is 5.91 Å². The van der Waals surface area contributed by atoms with Crippen molar-refractivity contribution < 1.29 is 4.79 Å². The Balaban J connectivity index is 1.53. The van der Waals surface area contributed by atoms with Crippen LogP contribution < -0.4 is 5.32 Å². The lowest BCUT2D eigenvalue weighted by atomic mass is 9.90. The molecule has 0 unspecified atom stereocenters. The molecule has 0 bridgehead atoms. The van der Waals surface area contributed by atoms with Gasteiger partial charge in [-0.15, -0.1) is 11.3 Å². The first-order valence-corrected chi connectivity index (χ1v) is 9.05. The van der Waals surface area contributed by atoms with Gasteiger partial charge in [-0.25, -0.2) is 0 Å². The Kier molecular flexibility index (Phi) is 3.53. The van der Waals surface area contributed by atoms with E-state index < -0.39 is 0 Å². The molecule has 2 aromatic rings. The summed E-state index contributed by atoms with van der Waals surface area (Å²) in [5.41, 5.74) is 5.17. The zero-order valence-corrected chi connectivity index (χ0v) is 13.8. The topological polar surface area (TPSA) is 29.1 Å². The van der Waals surface area contributed by atoms with E-state index in [1.54, 1.807) is 11.3 Å². The van der Waals surface area contributed by atoms with Gasteiger partial charge in [-0.2, -0.15) is 0 Å². The van der Waals surface area contributed by atoms with Crippen LogP contribution in [0.3, 0.4) is 0 Å². The molecule has 2 aliphatic rings. The van der Waals surface area contributed by atoms with Crippen molar-refractivity contribution in [3.8, 4) is 0 Å². The standard InChI is InChI=1S/C19H21NOS/c1-12-5-8-17-15(9-12)11-18(22-17)19(21)20-16-7-6-13-3-2-4-14(13)10-16/h6-7,10-12H,2-5,8-9H2,1H3,(H,20,21)/t12-/m0/s1. The average molecular weight is 311 g/mol. The second-order valence-corrected chi connectivity index (χ2v) is 7.83. The van der Waals surface area contributed by atoms with Crippen molar-refractivity contribution in [2.45, 2.75) is 45.4 Å². The van der Waals surface area contributed by atoms with Crippen LogP contribution in [0.25, 0.3) is 0 Å². The van der Waals surface area contributed by atoms with Crippen LogP contribution >= 0.6 is 11.3 Å². The second kappa shape index (κ2) is 5.54. The van der Waals surface area contributed by atoms with Crippen molar-refractivity contribution in [3.63, 3.8) is 0 Å². The van der Waals surface area contributed by atoms with Crippen molar-refractivity contribution in [1.29, 1.82) is 0 Å². The zero-order chi connectivity index (χ0) is 15.1. The van der Waals surface area contributed by atoms with Crippen molar-refractivity contribution >= 4 is 22.9 Å². The van der Waals surface area contributed by atoms with Gasteiger partial charge in [0.15, 0.2) is 0 Å². The highest BCUT2D eigenvalue weighted by molar-refractivity contribution is 7.14. The van der Waals surface area contributed by atoms with E-state index in [0.29, 0.717) is 0 Å². The Morgan fingerprint density at radius 2 is 2.00 bits per heavy atom. The molecule has 0 aliphatic heterocycles. The van der Waals surface area contributed by atoms with Gasteiger partial charge in [0.2, 0.25) is 0 Å². The molecule has 4 rings (SSSR count). The highest BCUT2D eigenvalue weighted by atomic mass is 32.1. The molecule has 0 saturated carbocycles. The van der Waals surface area contributed by atoms with E-state index in [4.69, 9.17) is 0 Å². The maximum Gasteiger partial charge on any atom is 0.265 e. The van der Waals surface area contributed by atoms with Crippen molar-refractivity contribution in [3.05, 3.63) is 50.7 Å². The first kappa shape index (κ1) is 14.0. The molecule has 2 nitrogen and oxygen atoms in total. The smallest absolute Gasteiger partial charge is 0.265 e. The van der Waals surface area contributed by atoms with Gasteiger partial charge in [-0.3, -0.25) is 4.79 Å². The number of nitrogens with one attached hydrogen (secondary N) is 1. The molecule has 22 heavy (non-hydrogen) atoms. The summed E-state index contributed by atoms with van der Waals surface area (Å²) in [6, 6.07) is 8.46. The van der Waals surface area contributed by atoms with E-state index in [-0.39, 0.29) is 5.91 Å². The Labute approximate surface area is 135 Å². The average Bonchev–Trinajstić information content (AvgIpc) is 3.12. The summed E-state index contributed by atoms with van der Waals surface area (Å²) in [5.74, 6) is 0.791. The third-order valence-corrected chi connectivity index (χ3v) is 6.15. The Hall–Kier alpha value is -1.61. The minimum absolute atomic E-state index is 0.0463. The molecule has 1 heterocycles. The molecule has 0 fully saturated rings. The van der Waals surface area contributed by atoms with Crippen LogP contribution in [-0.2, 0) is 25.7 Å². The SMILES string of the molecule is C[C@H]1CCc2sc(C(=O)Nc3ccc4c(c3)CCC4)cc2C1. The van der Waals surface area contributed by atoms with Crippen molar-refractivity contribution in [2.75, 3.05) is 5.32 Å². The number of anilines is 1. The lowest BCUT2D eigenvalue weighted by Gasteiger charge is -2.16. The number of hydrogen-bond acceptors (Lipinski definition) is 2. The van der Waals surface area contributed by atoms with Crippen LogP contribution in [0, 0.1) is 5.92 Å². The summed E-state index contributed by atoms with van der Waals surface area (Å²) in [4.78, 5) is 14.8. The first-order chi connectivity index (χ1) is 10.7. The molecule has 1 N–H and O–H groups in total. The first-order valence-electron chi connectivity index (χ1n) is 8.24.